The van der Waals surface area contributed by atoms with E-state index in [9.17, 15) is 0 Å². The van der Waals surface area contributed by atoms with Crippen LogP contribution < -0.4 is 21.2 Å². The van der Waals surface area contributed by atoms with Gasteiger partial charge >= 0.3 is 0 Å². The molecule has 0 heterocycles. The van der Waals surface area contributed by atoms with Crippen LogP contribution in [0.3, 0.4) is 0 Å². The number of hydrogen-bond acceptors (Lipinski definition) is 0. The zero-order chi connectivity index (χ0) is 26.4. The van der Waals surface area contributed by atoms with E-state index in [1.165, 1.54) is 46.9 Å². The van der Waals surface area contributed by atoms with Gasteiger partial charge in [0.2, 0.25) is 0 Å². The summed E-state index contributed by atoms with van der Waals surface area (Å²) in [6, 6.07) is 44.5. The van der Waals surface area contributed by atoms with E-state index in [2.05, 4.69) is 159 Å². The predicted molar refractivity (Wildman–Crippen MR) is 174 cm³/mol. The van der Waals surface area contributed by atoms with E-state index >= 15 is 0 Å². The van der Waals surface area contributed by atoms with Gasteiger partial charge in [-0.05, 0) is 74.1 Å². The van der Waals surface area contributed by atoms with Crippen LogP contribution in [0, 0.1) is 0 Å². The summed E-state index contributed by atoms with van der Waals surface area (Å²) in [6.07, 6.45) is 14.0. The average molecular weight is 638 g/mol. The molecule has 1 radical (unpaired) electrons. The first-order valence-corrected chi connectivity index (χ1v) is 16.7. The molecule has 203 valence electrons. The predicted octanol–water partition coefficient (Wildman–Crippen LogP) is 8.70. The third kappa shape index (κ3) is 9.47. The normalized spacial score (nSPS) is 14.4. The van der Waals surface area contributed by atoms with Gasteiger partial charge in [0, 0.05) is 19.5 Å². The molecule has 0 saturated heterocycles. The van der Waals surface area contributed by atoms with Crippen molar-refractivity contribution in [2.45, 2.75) is 50.8 Å². The van der Waals surface area contributed by atoms with Crippen molar-refractivity contribution in [2.24, 2.45) is 0 Å². The number of benzene rings is 4. The van der Waals surface area contributed by atoms with E-state index in [0.29, 0.717) is 11.3 Å². The first-order valence-electron chi connectivity index (χ1n) is 13.8. The van der Waals surface area contributed by atoms with Crippen molar-refractivity contribution in [2.75, 3.05) is 0 Å². The molecule has 39 heavy (non-hydrogen) atoms. The summed E-state index contributed by atoms with van der Waals surface area (Å²) in [4.78, 5) is 0. The standard InChI is InChI=1S/C28H28P2.C8H12.Rh/c1-23(29(25-15-7-3-8-16-25)26-17-9-4-10-18-26)24(2)30(27-19-11-5-12-20-27)28-21-13-6-14-22-28;1-2-4-6-8-7-5-3-1;/h3-24H,1-2H3;1-2,7-8H,3-6H2;. The summed E-state index contributed by atoms with van der Waals surface area (Å²) in [5.41, 5.74) is 1.10. The van der Waals surface area contributed by atoms with Crippen LogP contribution in [0.15, 0.2) is 146 Å². The Kier molecular flexibility index (Phi) is 14.1. The third-order valence-corrected chi connectivity index (χ3v) is 13.2. The topological polar surface area (TPSA) is 0 Å². The molecule has 0 amide bonds. The molecule has 0 N–H and O–H groups in total. The monoisotopic (exact) mass is 637 g/mol. The van der Waals surface area contributed by atoms with Crippen LogP contribution in [0.2, 0.25) is 0 Å². The Morgan fingerprint density at radius 3 is 0.795 bits per heavy atom. The van der Waals surface area contributed by atoms with Gasteiger partial charge < -0.3 is 0 Å². The van der Waals surface area contributed by atoms with Crippen molar-refractivity contribution in [3.8, 4) is 0 Å². The molecule has 4 aromatic carbocycles. The Bertz CT molecular complexity index is 1050. The number of rotatable bonds is 7. The summed E-state index contributed by atoms with van der Waals surface area (Å²) >= 11 is 0. The van der Waals surface area contributed by atoms with Gasteiger partial charge in [-0.1, -0.05) is 159 Å². The van der Waals surface area contributed by atoms with Crippen molar-refractivity contribution in [3.05, 3.63) is 146 Å². The van der Waals surface area contributed by atoms with Crippen molar-refractivity contribution in [1.29, 1.82) is 0 Å². The van der Waals surface area contributed by atoms with Crippen LogP contribution in [0.1, 0.15) is 39.5 Å². The van der Waals surface area contributed by atoms with Crippen molar-refractivity contribution < 1.29 is 19.5 Å². The fourth-order valence-corrected chi connectivity index (χ4v) is 11.0. The quantitative estimate of drug-likeness (QED) is 0.108. The molecule has 1 aliphatic carbocycles. The minimum atomic E-state index is -0.448. The smallest absolute Gasteiger partial charge is 0 e. The maximum Gasteiger partial charge on any atom is 0 e. The molecule has 3 heteroatoms. The van der Waals surface area contributed by atoms with Crippen LogP contribution in [0.4, 0.5) is 0 Å². The van der Waals surface area contributed by atoms with Crippen molar-refractivity contribution >= 4 is 37.1 Å². The van der Waals surface area contributed by atoms with Crippen molar-refractivity contribution in [3.63, 3.8) is 0 Å². The molecule has 0 fully saturated rings. The minimum absolute atomic E-state index is 0. The van der Waals surface area contributed by atoms with Gasteiger partial charge in [0.1, 0.15) is 0 Å². The first-order chi connectivity index (χ1) is 18.8. The van der Waals surface area contributed by atoms with E-state index in [0.717, 1.165) is 0 Å². The fraction of sp³-hybridized carbons (Fsp3) is 0.222. The maximum atomic E-state index is 2.47. The van der Waals surface area contributed by atoms with Crippen LogP contribution in [0.5, 0.6) is 0 Å². The molecule has 0 spiro atoms. The van der Waals surface area contributed by atoms with Crippen molar-refractivity contribution in [1.82, 2.24) is 0 Å². The van der Waals surface area contributed by atoms with E-state index in [-0.39, 0.29) is 19.5 Å². The average Bonchev–Trinajstić information content (AvgIpc) is 2.96. The van der Waals surface area contributed by atoms with E-state index < -0.39 is 15.8 Å². The molecule has 2 unspecified atom stereocenters. The summed E-state index contributed by atoms with van der Waals surface area (Å²) in [5, 5.41) is 5.87. The van der Waals surface area contributed by atoms with Crippen LogP contribution >= 0.6 is 15.8 Å². The number of hydrogen-bond donors (Lipinski definition) is 0. The SMILES string of the molecule is C1=CCCC=CCC1.CC(C(C)P(c1ccccc1)c1ccccc1)P(c1ccccc1)c1ccccc1.[Rh]. The van der Waals surface area contributed by atoms with Crippen LogP contribution in [0.25, 0.3) is 0 Å². The molecule has 1 aliphatic rings. The Hall–Kier alpha value is -2.16. The fourth-order valence-electron chi connectivity index (χ4n) is 4.88. The van der Waals surface area contributed by atoms with Gasteiger partial charge in [0.25, 0.3) is 0 Å². The molecule has 0 aromatic heterocycles. The minimum Gasteiger partial charge on any atom is -0.0882 e. The molecule has 0 saturated carbocycles. The summed E-state index contributed by atoms with van der Waals surface area (Å²) in [5.74, 6) is 0. The Morgan fingerprint density at radius 2 is 0.590 bits per heavy atom. The van der Waals surface area contributed by atoms with Crippen LogP contribution in [-0.4, -0.2) is 11.3 Å². The molecule has 0 bridgehead atoms. The van der Waals surface area contributed by atoms with E-state index in [1.54, 1.807) is 0 Å². The molecule has 0 aliphatic heterocycles. The van der Waals surface area contributed by atoms with Gasteiger partial charge in [-0.15, -0.1) is 0 Å². The zero-order valence-electron chi connectivity index (χ0n) is 23.1. The van der Waals surface area contributed by atoms with Gasteiger partial charge in [0.15, 0.2) is 0 Å². The van der Waals surface area contributed by atoms with E-state index in [1.807, 2.05) is 0 Å². The summed E-state index contributed by atoms with van der Waals surface area (Å²) in [6.45, 7) is 4.94. The van der Waals surface area contributed by atoms with Gasteiger partial charge in [-0.25, -0.2) is 0 Å². The second-order valence-electron chi connectivity index (χ2n) is 9.66. The molecule has 5 rings (SSSR count). The molecule has 0 nitrogen and oxygen atoms in total. The molecule has 4 aromatic rings. The first kappa shape index (κ1) is 31.4. The van der Waals surface area contributed by atoms with E-state index in [4.69, 9.17) is 0 Å². The maximum absolute atomic E-state index is 2.47. The second kappa shape index (κ2) is 17.5. The summed E-state index contributed by atoms with van der Waals surface area (Å²) < 4.78 is 0. The Balaban J connectivity index is 0.000000402. The molecule has 2 atom stereocenters. The third-order valence-electron chi connectivity index (χ3n) is 6.98. The Morgan fingerprint density at radius 1 is 0.385 bits per heavy atom. The largest absolute Gasteiger partial charge is 0.0882 e. The van der Waals surface area contributed by atoms with Crippen LogP contribution in [-0.2, 0) is 19.5 Å². The second-order valence-corrected chi connectivity index (χ2v) is 14.8. The van der Waals surface area contributed by atoms with Gasteiger partial charge in [-0.3, -0.25) is 0 Å². The molecular formula is C36H40P2Rh. The number of allylic oxidation sites excluding steroid dienone is 4. The molecular weight excluding hydrogens is 597 g/mol. The Labute approximate surface area is 251 Å². The zero-order valence-corrected chi connectivity index (χ0v) is 26.5. The van der Waals surface area contributed by atoms with Gasteiger partial charge in [-0.2, -0.15) is 0 Å². The summed E-state index contributed by atoms with van der Waals surface area (Å²) in [7, 11) is -0.897. The van der Waals surface area contributed by atoms with Gasteiger partial charge in [0.05, 0.1) is 0 Å².